The smallest absolute Gasteiger partial charge is 0.323 e. The molecule has 3 heterocycles. The van der Waals surface area contributed by atoms with Gasteiger partial charge in [-0.05, 0) is 42.5 Å². The standard InChI is InChI=1S/C23H17N5O2/c29-22-21(17-5-1-2-6-19(17)28-22)20-9-7-14-12-15(8-10-18(14)27-20)25-23(30)26-16-4-3-11-24-13-16/h1-13,27H,(H,28,29)(H2,25,26,30)/b21-20-. The SMILES string of the molecule is O=C(Nc1cccnc1)Nc1ccc2c(c1)C=C/C(=C1/C(=O)Nc3ccccc31)N2. The van der Waals surface area contributed by atoms with Crippen LogP contribution in [0.5, 0.6) is 0 Å². The molecule has 0 bridgehead atoms. The van der Waals surface area contributed by atoms with Crippen molar-refractivity contribution in [2.24, 2.45) is 0 Å². The molecule has 7 nitrogen and oxygen atoms in total. The van der Waals surface area contributed by atoms with Gasteiger partial charge in [0.25, 0.3) is 5.91 Å². The van der Waals surface area contributed by atoms with Gasteiger partial charge in [-0.1, -0.05) is 24.3 Å². The highest BCUT2D eigenvalue weighted by Crippen LogP contribution is 2.37. The maximum absolute atomic E-state index is 12.5. The second kappa shape index (κ2) is 7.21. The van der Waals surface area contributed by atoms with Crippen LogP contribution in [0.1, 0.15) is 11.1 Å². The number of carbonyl (C=O) groups excluding carboxylic acids is 2. The molecule has 0 saturated carbocycles. The van der Waals surface area contributed by atoms with Gasteiger partial charge in [0.1, 0.15) is 0 Å². The van der Waals surface area contributed by atoms with Crippen LogP contribution in [-0.2, 0) is 4.79 Å². The van der Waals surface area contributed by atoms with E-state index < -0.39 is 0 Å². The van der Waals surface area contributed by atoms with Gasteiger partial charge in [-0.15, -0.1) is 0 Å². The molecule has 146 valence electrons. The fraction of sp³-hybridized carbons (Fsp3) is 0. The van der Waals surface area contributed by atoms with Crippen LogP contribution in [0.4, 0.5) is 27.5 Å². The lowest BCUT2D eigenvalue weighted by molar-refractivity contribution is -0.110. The third kappa shape index (κ3) is 3.29. The Kier molecular flexibility index (Phi) is 4.25. The largest absolute Gasteiger partial charge is 0.354 e. The molecule has 3 aromatic rings. The van der Waals surface area contributed by atoms with Crippen molar-refractivity contribution >= 4 is 46.3 Å². The highest BCUT2D eigenvalue weighted by atomic mass is 16.2. The maximum atomic E-state index is 12.5. The number of rotatable bonds is 2. The summed E-state index contributed by atoms with van der Waals surface area (Å²) in [6.07, 6.45) is 7.01. The maximum Gasteiger partial charge on any atom is 0.323 e. The molecular formula is C23H17N5O2. The highest BCUT2D eigenvalue weighted by molar-refractivity contribution is 6.33. The van der Waals surface area contributed by atoms with E-state index in [1.54, 1.807) is 30.6 Å². The number of nitrogens with one attached hydrogen (secondary N) is 4. The predicted octanol–water partition coefficient (Wildman–Crippen LogP) is 4.53. The molecule has 0 atom stereocenters. The van der Waals surface area contributed by atoms with Gasteiger partial charge >= 0.3 is 6.03 Å². The van der Waals surface area contributed by atoms with E-state index in [1.165, 1.54) is 0 Å². The van der Waals surface area contributed by atoms with Crippen molar-refractivity contribution in [1.29, 1.82) is 0 Å². The van der Waals surface area contributed by atoms with E-state index in [2.05, 4.69) is 26.3 Å². The normalized spacial score (nSPS) is 16.2. The van der Waals surface area contributed by atoms with Crippen LogP contribution in [0.3, 0.4) is 0 Å². The first-order chi connectivity index (χ1) is 14.7. The van der Waals surface area contributed by atoms with Gasteiger partial charge in [-0.25, -0.2) is 4.79 Å². The summed E-state index contributed by atoms with van der Waals surface area (Å²) in [5.41, 5.74) is 6.07. The number of anilines is 4. The monoisotopic (exact) mass is 395 g/mol. The first-order valence-corrected chi connectivity index (χ1v) is 9.39. The van der Waals surface area contributed by atoms with E-state index in [9.17, 15) is 9.59 Å². The molecule has 7 heteroatoms. The van der Waals surface area contributed by atoms with Gasteiger partial charge in [-0.2, -0.15) is 0 Å². The second-order valence-electron chi connectivity index (χ2n) is 6.87. The number of carbonyl (C=O) groups is 2. The average Bonchev–Trinajstić information content (AvgIpc) is 3.09. The van der Waals surface area contributed by atoms with Crippen LogP contribution < -0.4 is 21.3 Å². The first kappa shape index (κ1) is 17.7. The molecule has 0 fully saturated rings. The quantitative estimate of drug-likeness (QED) is 0.480. The summed E-state index contributed by atoms with van der Waals surface area (Å²) in [5, 5.41) is 11.8. The van der Waals surface area contributed by atoms with Gasteiger partial charge in [-0.3, -0.25) is 9.78 Å². The molecule has 3 amide bonds. The zero-order valence-corrected chi connectivity index (χ0v) is 15.8. The van der Waals surface area contributed by atoms with E-state index in [0.29, 0.717) is 16.9 Å². The number of pyridine rings is 1. The molecule has 1 aromatic heterocycles. The fourth-order valence-corrected chi connectivity index (χ4v) is 3.51. The van der Waals surface area contributed by atoms with Crippen LogP contribution in [0, 0.1) is 0 Å². The predicted molar refractivity (Wildman–Crippen MR) is 118 cm³/mol. The minimum absolute atomic E-state index is 0.128. The lowest BCUT2D eigenvalue weighted by Crippen LogP contribution is -2.19. The number of hydrogen-bond donors (Lipinski definition) is 4. The van der Waals surface area contributed by atoms with Crippen LogP contribution in [0.25, 0.3) is 11.6 Å². The number of aromatic nitrogens is 1. The molecule has 2 aliphatic heterocycles. The molecule has 4 N–H and O–H groups in total. The van der Waals surface area contributed by atoms with Gasteiger partial charge in [0.2, 0.25) is 0 Å². The van der Waals surface area contributed by atoms with E-state index in [1.807, 2.05) is 48.6 Å². The van der Waals surface area contributed by atoms with Crippen molar-refractivity contribution in [3.8, 4) is 0 Å². The van der Waals surface area contributed by atoms with Crippen molar-refractivity contribution in [2.45, 2.75) is 0 Å². The zero-order chi connectivity index (χ0) is 20.5. The number of amides is 3. The second-order valence-corrected chi connectivity index (χ2v) is 6.87. The summed E-state index contributed by atoms with van der Waals surface area (Å²) in [6.45, 7) is 0. The third-order valence-corrected chi connectivity index (χ3v) is 4.87. The summed E-state index contributed by atoms with van der Waals surface area (Å²) in [5.74, 6) is -0.128. The van der Waals surface area contributed by atoms with Crippen LogP contribution in [0.15, 0.2) is 78.8 Å². The number of nitrogens with zero attached hydrogens (tertiary/aromatic N) is 1. The number of hydrogen-bond acceptors (Lipinski definition) is 4. The molecule has 2 aliphatic rings. The Morgan fingerprint density at radius 1 is 0.867 bits per heavy atom. The lowest BCUT2D eigenvalue weighted by atomic mass is 10.0. The fourth-order valence-electron chi connectivity index (χ4n) is 3.51. The molecule has 0 unspecified atom stereocenters. The van der Waals surface area contributed by atoms with Crippen molar-refractivity contribution in [3.05, 3.63) is 89.9 Å². The van der Waals surface area contributed by atoms with Gasteiger partial charge < -0.3 is 21.3 Å². The third-order valence-electron chi connectivity index (χ3n) is 4.87. The topological polar surface area (TPSA) is 95.2 Å². The molecule has 5 rings (SSSR count). The van der Waals surface area contributed by atoms with Crippen LogP contribution in [0.2, 0.25) is 0 Å². The number of urea groups is 1. The molecule has 0 aliphatic carbocycles. The first-order valence-electron chi connectivity index (χ1n) is 9.39. The van der Waals surface area contributed by atoms with Crippen molar-refractivity contribution in [2.75, 3.05) is 21.3 Å². The summed E-state index contributed by atoms with van der Waals surface area (Å²) in [6, 6.07) is 16.3. The molecule has 30 heavy (non-hydrogen) atoms. The van der Waals surface area contributed by atoms with Crippen molar-refractivity contribution in [1.82, 2.24) is 4.98 Å². The Labute approximate surface area is 172 Å². The number of allylic oxidation sites excluding steroid dienone is 1. The van der Waals surface area contributed by atoms with Gasteiger partial charge in [0, 0.05) is 34.4 Å². The summed E-state index contributed by atoms with van der Waals surface area (Å²) < 4.78 is 0. The molecule has 0 radical (unpaired) electrons. The number of fused-ring (bicyclic) bond motifs is 2. The summed E-state index contributed by atoms with van der Waals surface area (Å²) in [4.78, 5) is 28.6. The Hall–Kier alpha value is -4.39. The minimum Gasteiger partial charge on any atom is -0.354 e. The summed E-state index contributed by atoms with van der Waals surface area (Å²) in [7, 11) is 0. The van der Waals surface area contributed by atoms with Crippen molar-refractivity contribution in [3.63, 3.8) is 0 Å². The van der Waals surface area contributed by atoms with E-state index in [-0.39, 0.29) is 11.9 Å². The Bertz CT molecular complexity index is 1230. The Morgan fingerprint density at radius 3 is 2.60 bits per heavy atom. The van der Waals surface area contributed by atoms with Crippen LogP contribution in [-0.4, -0.2) is 16.9 Å². The van der Waals surface area contributed by atoms with E-state index in [4.69, 9.17) is 0 Å². The van der Waals surface area contributed by atoms with Gasteiger partial charge in [0.15, 0.2) is 0 Å². The summed E-state index contributed by atoms with van der Waals surface area (Å²) >= 11 is 0. The highest BCUT2D eigenvalue weighted by Gasteiger charge is 2.27. The minimum atomic E-state index is -0.349. The molecule has 2 aromatic carbocycles. The average molecular weight is 395 g/mol. The Morgan fingerprint density at radius 2 is 1.73 bits per heavy atom. The van der Waals surface area contributed by atoms with Crippen LogP contribution >= 0.6 is 0 Å². The van der Waals surface area contributed by atoms with E-state index in [0.717, 1.165) is 28.2 Å². The molecular weight excluding hydrogens is 378 g/mol. The zero-order valence-electron chi connectivity index (χ0n) is 15.8. The lowest BCUT2D eigenvalue weighted by Gasteiger charge is -2.18. The molecule has 0 saturated heterocycles. The molecule has 0 spiro atoms. The van der Waals surface area contributed by atoms with E-state index >= 15 is 0 Å². The van der Waals surface area contributed by atoms with Crippen molar-refractivity contribution < 1.29 is 9.59 Å². The van der Waals surface area contributed by atoms with Gasteiger partial charge in [0.05, 0.1) is 23.2 Å². The number of para-hydroxylation sites is 1. The number of benzene rings is 2. The Balaban J connectivity index is 1.37.